The van der Waals surface area contributed by atoms with Crippen LogP contribution >= 0.6 is 0 Å². The average Bonchev–Trinajstić information content (AvgIpc) is 2.83. The highest BCUT2D eigenvalue weighted by molar-refractivity contribution is 5.93. The number of anilines is 1. The summed E-state index contributed by atoms with van der Waals surface area (Å²) in [5.74, 6) is -0.706. The summed E-state index contributed by atoms with van der Waals surface area (Å²) < 4.78 is 5.45. The second-order valence-corrected chi connectivity index (χ2v) is 7.62. The maximum absolute atomic E-state index is 12.0. The molecule has 0 saturated carbocycles. The fourth-order valence-electron chi connectivity index (χ4n) is 3.03. The Hall–Kier alpha value is -4.13. The van der Waals surface area contributed by atoms with E-state index < -0.39 is 11.8 Å². The van der Waals surface area contributed by atoms with Gasteiger partial charge >= 0.3 is 0 Å². The van der Waals surface area contributed by atoms with Gasteiger partial charge in [0.1, 0.15) is 5.75 Å². The third-order valence-electron chi connectivity index (χ3n) is 5.04. The zero-order valence-corrected chi connectivity index (χ0v) is 18.7. The zero-order chi connectivity index (χ0) is 23.6. The summed E-state index contributed by atoms with van der Waals surface area (Å²) in [6.45, 7) is 3.70. The minimum atomic E-state index is -0.505. The third kappa shape index (κ3) is 7.50. The first-order valence-electron chi connectivity index (χ1n) is 10.6. The van der Waals surface area contributed by atoms with Gasteiger partial charge in [-0.05, 0) is 60.4 Å². The molecule has 0 aliphatic heterocycles. The lowest BCUT2D eigenvalue weighted by Crippen LogP contribution is -2.44. The van der Waals surface area contributed by atoms with Crippen LogP contribution in [0.4, 0.5) is 5.69 Å². The van der Waals surface area contributed by atoms with Crippen LogP contribution < -0.4 is 20.9 Å². The number of hydrogen-bond donors (Lipinski definition) is 3. The van der Waals surface area contributed by atoms with Gasteiger partial charge in [0.25, 0.3) is 5.91 Å². The van der Waals surface area contributed by atoms with Crippen LogP contribution in [0.2, 0.25) is 0 Å². The first kappa shape index (κ1) is 23.5. The van der Waals surface area contributed by atoms with Gasteiger partial charge in [-0.1, -0.05) is 48.5 Å². The van der Waals surface area contributed by atoms with E-state index in [0.29, 0.717) is 11.4 Å². The molecule has 0 unspecified atom stereocenters. The van der Waals surface area contributed by atoms with Crippen LogP contribution in [0.25, 0.3) is 11.1 Å². The SMILES string of the molecule is Cc1ccc(NC(=O)CCC(=O)NNC(=O)COc2ccc(-c3ccccc3)cc2)cc1C. The molecule has 3 aromatic carbocycles. The number of benzene rings is 3. The second kappa shape index (κ2) is 11.5. The molecule has 0 aliphatic carbocycles. The number of hydrazine groups is 1. The molecule has 0 aliphatic rings. The standard InChI is InChI=1S/C26H27N3O4/c1-18-8-11-22(16-19(18)2)27-24(30)14-15-25(31)28-29-26(32)17-33-23-12-9-21(10-13-23)20-6-4-3-5-7-20/h3-13,16H,14-15,17H2,1-2H3,(H,27,30)(H,28,31)(H,29,32). The van der Waals surface area contributed by atoms with Gasteiger partial charge in [-0.25, -0.2) is 0 Å². The monoisotopic (exact) mass is 445 g/mol. The molecule has 0 fully saturated rings. The molecule has 170 valence electrons. The smallest absolute Gasteiger partial charge is 0.276 e. The largest absolute Gasteiger partial charge is 0.484 e. The van der Waals surface area contributed by atoms with Crippen LogP contribution in [0.1, 0.15) is 24.0 Å². The maximum atomic E-state index is 12.0. The molecule has 7 nitrogen and oxygen atoms in total. The lowest BCUT2D eigenvalue weighted by Gasteiger charge is -2.10. The minimum absolute atomic E-state index is 0.00110. The molecule has 3 rings (SSSR count). The van der Waals surface area contributed by atoms with E-state index >= 15 is 0 Å². The van der Waals surface area contributed by atoms with E-state index in [1.165, 1.54) is 0 Å². The number of carbonyl (C=O) groups excluding carboxylic acids is 3. The topological polar surface area (TPSA) is 96.5 Å². The molecule has 0 atom stereocenters. The van der Waals surface area contributed by atoms with Crippen LogP contribution in [0, 0.1) is 13.8 Å². The molecule has 3 aromatic rings. The number of nitrogens with one attached hydrogen (secondary N) is 3. The molecule has 0 aromatic heterocycles. The van der Waals surface area contributed by atoms with Crippen LogP contribution in [0.15, 0.2) is 72.8 Å². The van der Waals surface area contributed by atoms with Crippen molar-refractivity contribution in [1.82, 2.24) is 10.9 Å². The van der Waals surface area contributed by atoms with E-state index in [2.05, 4.69) is 16.2 Å². The van der Waals surface area contributed by atoms with Gasteiger partial charge in [-0.2, -0.15) is 0 Å². The van der Waals surface area contributed by atoms with Crippen molar-refractivity contribution in [3.8, 4) is 16.9 Å². The van der Waals surface area contributed by atoms with Crippen LogP contribution in [0.3, 0.4) is 0 Å². The van der Waals surface area contributed by atoms with Crippen LogP contribution in [-0.4, -0.2) is 24.3 Å². The first-order chi connectivity index (χ1) is 15.9. The molecule has 0 bridgehead atoms. The van der Waals surface area contributed by atoms with Crippen LogP contribution in [-0.2, 0) is 14.4 Å². The third-order valence-corrected chi connectivity index (χ3v) is 5.04. The Labute approximate surface area is 193 Å². The van der Waals surface area contributed by atoms with E-state index in [0.717, 1.165) is 22.3 Å². The number of aryl methyl sites for hydroxylation is 2. The lowest BCUT2D eigenvalue weighted by molar-refractivity contribution is -0.130. The fraction of sp³-hybridized carbons (Fsp3) is 0.192. The van der Waals surface area contributed by atoms with Crippen molar-refractivity contribution in [1.29, 1.82) is 0 Å². The van der Waals surface area contributed by atoms with Gasteiger partial charge in [0.05, 0.1) is 0 Å². The van der Waals surface area contributed by atoms with Crippen molar-refractivity contribution in [2.24, 2.45) is 0 Å². The van der Waals surface area contributed by atoms with Crippen molar-refractivity contribution in [3.05, 3.63) is 83.9 Å². The summed E-state index contributed by atoms with van der Waals surface area (Å²) >= 11 is 0. The van der Waals surface area contributed by atoms with Crippen molar-refractivity contribution < 1.29 is 19.1 Å². The zero-order valence-electron chi connectivity index (χ0n) is 18.7. The number of hydrogen-bond acceptors (Lipinski definition) is 4. The van der Waals surface area contributed by atoms with Crippen molar-refractivity contribution in [2.75, 3.05) is 11.9 Å². The summed E-state index contributed by atoms with van der Waals surface area (Å²) in [5, 5.41) is 2.76. The highest BCUT2D eigenvalue weighted by Gasteiger charge is 2.10. The summed E-state index contributed by atoms with van der Waals surface area (Å²) in [5.41, 5.74) is 9.59. The first-order valence-corrected chi connectivity index (χ1v) is 10.6. The molecular formula is C26H27N3O4. The second-order valence-electron chi connectivity index (χ2n) is 7.62. The van der Waals surface area contributed by atoms with E-state index in [9.17, 15) is 14.4 Å². The molecular weight excluding hydrogens is 418 g/mol. The molecule has 0 saturated heterocycles. The predicted octanol–water partition coefficient (Wildman–Crippen LogP) is 3.92. The molecule has 33 heavy (non-hydrogen) atoms. The Kier molecular flexibility index (Phi) is 8.18. The Balaban J connectivity index is 1.34. The normalized spacial score (nSPS) is 10.2. The van der Waals surface area contributed by atoms with Gasteiger partial charge in [-0.3, -0.25) is 25.2 Å². The summed E-state index contributed by atoms with van der Waals surface area (Å²) in [4.78, 5) is 35.8. The number of rotatable bonds is 8. The van der Waals surface area contributed by atoms with Crippen LogP contribution in [0.5, 0.6) is 5.75 Å². The Morgan fingerprint density at radius 1 is 0.697 bits per heavy atom. The van der Waals surface area contributed by atoms with Crippen molar-refractivity contribution in [3.63, 3.8) is 0 Å². The minimum Gasteiger partial charge on any atom is -0.484 e. The summed E-state index contributed by atoms with van der Waals surface area (Å²) in [6.07, 6.45) is -0.0579. The molecule has 3 amide bonds. The Morgan fingerprint density at radius 3 is 2.03 bits per heavy atom. The highest BCUT2D eigenvalue weighted by atomic mass is 16.5. The summed E-state index contributed by atoms with van der Waals surface area (Å²) in [6, 6.07) is 22.9. The molecule has 0 radical (unpaired) electrons. The van der Waals surface area contributed by atoms with E-state index in [1.807, 2.05) is 74.5 Å². The predicted molar refractivity (Wildman–Crippen MR) is 127 cm³/mol. The van der Waals surface area contributed by atoms with Gasteiger partial charge in [-0.15, -0.1) is 0 Å². The fourth-order valence-corrected chi connectivity index (χ4v) is 3.03. The van der Waals surface area contributed by atoms with Gasteiger partial charge in [0.2, 0.25) is 11.8 Å². The van der Waals surface area contributed by atoms with Crippen molar-refractivity contribution >= 4 is 23.4 Å². The molecule has 0 spiro atoms. The Bertz CT molecular complexity index is 1110. The van der Waals surface area contributed by atoms with Gasteiger partial charge < -0.3 is 10.1 Å². The van der Waals surface area contributed by atoms with E-state index in [1.54, 1.807) is 12.1 Å². The van der Waals surface area contributed by atoms with Gasteiger partial charge in [0, 0.05) is 18.5 Å². The average molecular weight is 446 g/mol. The molecule has 3 N–H and O–H groups in total. The quantitative estimate of drug-likeness (QED) is 0.458. The lowest BCUT2D eigenvalue weighted by atomic mass is 10.1. The van der Waals surface area contributed by atoms with E-state index in [4.69, 9.17) is 4.74 Å². The van der Waals surface area contributed by atoms with E-state index in [-0.39, 0.29) is 25.4 Å². The molecule has 7 heteroatoms. The van der Waals surface area contributed by atoms with Gasteiger partial charge in [0.15, 0.2) is 6.61 Å². The van der Waals surface area contributed by atoms with Crippen molar-refractivity contribution in [2.45, 2.75) is 26.7 Å². The maximum Gasteiger partial charge on any atom is 0.276 e. The number of carbonyl (C=O) groups is 3. The summed E-state index contributed by atoms with van der Waals surface area (Å²) in [7, 11) is 0. The number of amides is 3. The number of ether oxygens (including phenoxy) is 1. The highest BCUT2D eigenvalue weighted by Crippen LogP contribution is 2.22. The Morgan fingerprint density at radius 2 is 1.33 bits per heavy atom. The molecule has 0 heterocycles.